The lowest BCUT2D eigenvalue weighted by Crippen LogP contribution is -2.39. The SMILES string of the molecule is N#CC1CCCCN1CCc1ccccn1. The van der Waals surface area contributed by atoms with Crippen molar-refractivity contribution in [3.8, 4) is 6.07 Å². The number of aromatic nitrogens is 1. The molecule has 0 spiro atoms. The largest absolute Gasteiger partial charge is 0.288 e. The van der Waals surface area contributed by atoms with Crippen molar-refractivity contribution >= 4 is 0 Å². The van der Waals surface area contributed by atoms with Crippen LogP contribution in [0, 0.1) is 11.3 Å². The minimum Gasteiger partial charge on any atom is -0.288 e. The van der Waals surface area contributed by atoms with E-state index >= 15 is 0 Å². The Balaban J connectivity index is 1.87. The summed E-state index contributed by atoms with van der Waals surface area (Å²) < 4.78 is 0. The summed E-state index contributed by atoms with van der Waals surface area (Å²) in [6.45, 7) is 2.01. The standard InChI is InChI=1S/C13H17N3/c14-11-13-6-2-4-9-16(13)10-7-12-5-1-3-8-15-12/h1,3,5,8,13H,2,4,6-7,9-10H2. The fourth-order valence-electron chi connectivity index (χ4n) is 2.21. The van der Waals surface area contributed by atoms with E-state index in [1.54, 1.807) is 0 Å². The Hall–Kier alpha value is -1.40. The number of pyridine rings is 1. The topological polar surface area (TPSA) is 39.9 Å². The first-order valence-corrected chi connectivity index (χ1v) is 5.94. The molecule has 1 saturated heterocycles. The van der Waals surface area contributed by atoms with Gasteiger partial charge in [0.15, 0.2) is 0 Å². The van der Waals surface area contributed by atoms with Crippen LogP contribution in [0.1, 0.15) is 25.0 Å². The molecule has 1 atom stereocenters. The summed E-state index contributed by atoms with van der Waals surface area (Å²) in [6, 6.07) is 8.51. The van der Waals surface area contributed by atoms with E-state index in [0.29, 0.717) is 0 Å². The normalized spacial score (nSPS) is 21.6. The van der Waals surface area contributed by atoms with Crippen molar-refractivity contribution in [2.24, 2.45) is 0 Å². The van der Waals surface area contributed by atoms with E-state index in [0.717, 1.165) is 31.6 Å². The second-order valence-electron chi connectivity index (χ2n) is 4.25. The maximum Gasteiger partial charge on any atom is 0.0978 e. The van der Waals surface area contributed by atoms with Crippen LogP contribution in [0.4, 0.5) is 0 Å². The lowest BCUT2D eigenvalue weighted by Gasteiger charge is -2.31. The smallest absolute Gasteiger partial charge is 0.0978 e. The molecule has 0 N–H and O–H groups in total. The molecular weight excluding hydrogens is 198 g/mol. The highest BCUT2D eigenvalue weighted by Gasteiger charge is 2.21. The molecule has 2 rings (SSSR count). The molecule has 0 saturated carbocycles. The van der Waals surface area contributed by atoms with Crippen molar-refractivity contribution in [3.63, 3.8) is 0 Å². The van der Waals surface area contributed by atoms with Crippen molar-refractivity contribution in [1.29, 1.82) is 5.26 Å². The first-order chi connectivity index (χ1) is 7.90. The van der Waals surface area contributed by atoms with Crippen LogP contribution in [0.5, 0.6) is 0 Å². The molecule has 0 aliphatic carbocycles. The van der Waals surface area contributed by atoms with Crippen LogP contribution in [0.3, 0.4) is 0 Å². The molecule has 84 valence electrons. The Morgan fingerprint density at radius 2 is 2.38 bits per heavy atom. The molecule has 1 aliphatic rings. The second-order valence-corrected chi connectivity index (χ2v) is 4.25. The molecule has 2 heterocycles. The van der Waals surface area contributed by atoms with Crippen LogP contribution in [-0.2, 0) is 6.42 Å². The highest BCUT2D eigenvalue weighted by atomic mass is 15.2. The van der Waals surface area contributed by atoms with Gasteiger partial charge in [0.05, 0.1) is 12.1 Å². The molecule has 1 unspecified atom stereocenters. The van der Waals surface area contributed by atoms with Crippen LogP contribution < -0.4 is 0 Å². The van der Waals surface area contributed by atoms with E-state index in [1.165, 1.54) is 12.8 Å². The number of likely N-dealkylation sites (tertiary alicyclic amines) is 1. The molecule has 16 heavy (non-hydrogen) atoms. The van der Waals surface area contributed by atoms with Crippen molar-refractivity contribution in [2.75, 3.05) is 13.1 Å². The van der Waals surface area contributed by atoms with Gasteiger partial charge in [-0.2, -0.15) is 5.26 Å². The van der Waals surface area contributed by atoms with Crippen molar-refractivity contribution in [1.82, 2.24) is 9.88 Å². The number of nitriles is 1. The fourth-order valence-corrected chi connectivity index (χ4v) is 2.21. The molecule has 0 aromatic carbocycles. The Bertz CT molecular complexity index is 355. The molecule has 0 amide bonds. The van der Waals surface area contributed by atoms with Gasteiger partial charge in [-0.3, -0.25) is 9.88 Å². The van der Waals surface area contributed by atoms with E-state index in [9.17, 15) is 0 Å². The van der Waals surface area contributed by atoms with Crippen molar-refractivity contribution in [3.05, 3.63) is 30.1 Å². The van der Waals surface area contributed by atoms with Gasteiger partial charge in [0.2, 0.25) is 0 Å². The van der Waals surface area contributed by atoms with Crippen LogP contribution in [0.15, 0.2) is 24.4 Å². The summed E-state index contributed by atoms with van der Waals surface area (Å²) in [5, 5.41) is 9.05. The quantitative estimate of drug-likeness (QED) is 0.774. The molecule has 0 bridgehead atoms. The van der Waals surface area contributed by atoms with E-state index in [-0.39, 0.29) is 6.04 Å². The van der Waals surface area contributed by atoms with Gasteiger partial charge in [-0.15, -0.1) is 0 Å². The van der Waals surface area contributed by atoms with Gasteiger partial charge in [0, 0.05) is 24.9 Å². The molecule has 0 radical (unpaired) electrons. The Morgan fingerprint density at radius 1 is 1.44 bits per heavy atom. The predicted octanol–water partition coefficient (Wildman–Crippen LogP) is 2.00. The van der Waals surface area contributed by atoms with Crippen LogP contribution in [0.25, 0.3) is 0 Å². The van der Waals surface area contributed by atoms with Crippen LogP contribution in [-0.4, -0.2) is 29.0 Å². The summed E-state index contributed by atoms with van der Waals surface area (Å²) in [6.07, 6.45) is 6.21. The molecule has 1 aromatic heterocycles. The third-order valence-electron chi connectivity index (χ3n) is 3.14. The van der Waals surface area contributed by atoms with Crippen molar-refractivity contribution in [2.45, 2.75) is 31.7 Å². The number of hydrogen-bond acceptors (Lipinski definition) is 3. The average molecular weight is 215 g/mol. The summed E-state index contributed by atoms with van der Waals surface area (Å²) in [5.41, 5.74) is 1.12. The van der Waals surface area contributed by atoms with Gasteiger partial charge in [-0.25, -0.2) is 0 Å². The second kappa shape index (κ2) is 5.62. The summed E-state index contributed by atoms with van der Waals surface area (Å²) in [4.78, 5) is 6.59. The lowest BCUT2D eigenvalue weighted by molar-refractivity contribution is 0.186. The fraction of sp³-hybridized carbons (Fsp3) is 0.538. The van der Waals surface area contributed by atoms with Gasteiger partial charge in [0.25, 0.3) is 0 Å². The third kappa shape index (κ3) is 2.80. The molecule has 3 heteroatoms. The van der Waals surface area contributed by atoms with Gasteiger partial charge in [-0.05, 0) is 37.9 Å². The minimum absolute atomic E-state index is 0.123. The zero-order valence-electron chi connectivity index (χ0n) is 9.47. The van der Waals surface area contributed by atoms with E-state index in [4.69, 9.17) is 5.26 Å². The summed E-state index contributed by atoms with van der Waals surface area (Å²) in [5.74, 6) is 0. The lowest BCUT2D eigenvalue weighted by atomic mass is 10.0. The maximum absolute atomic E-state index is 9.05. The van der Waals surface area contributed by atoms with E-state index in [1.807, 2.05) is 24.4 Å². The molecule has 3 nitrogen and oxygen atoms in total. The summed E-state index contributed by atoms with van der Waals surface area (Å²) in [7, 11) is 0. The van der Waals surface area contributed by atoms with Gasteiger partial charge >= 0.3 is 0 Å². The number of rotatable bonds is 3. The first-order valence-electron chi connectivity index (χ1n) is 5.94. The van der Waals surface area contributed by atoms with Crippen LogP contribution in [0.2, 0.25) is 0 Å². The zero-order chi connectivity index (χ0) is 11.2. The first kappa shape index (κ1) is 11.1. The number of piperidine rings is 1. The monoisotopic (exact) mass is 215 g/mol. The van der Waals surface area contributed by atoms with Crippen LogP contribution >= 0.6 is 0 Å². The molecule has 1 aliphatic heterocycles. The number of hydrogen-bond donors (Lipinski definition) is 0. The molecular formula is C13H17N3. The summed E-state index contributed by atoms with van der Waals surface area (Å²) >= 11 is 0. The van der Waals surface area contributed by atoms with Gasteiger partial charge < -0.3 is 0 Å². The van der Waals surface area contributed by atoms with E-state index < -0.39 is 0 Å². The minimum atomic E-state index is 0.123. The Morgan fingerprint density at radius 3 is 3.12 bits per heavy atom. The average Bonchev–Trinajstić information content (AvgIpc) is 2.38. The maximum atomic E-state index is 9.05. The zero-order valence-corrected chi connectivity index (χ0v) is 9.47. The third-order valence-corrected chi connectivity index (χ3v) is 3.14. The highest BCUT2D eigenvalue weighted by molar-refractivity contribution is 5.04. The highest BCUT2D eigenvalue weighted by Crippen LogP contribution is 2.16. The Labute approximate surface area is 96.7 Å². The van der Waals surface area contributed by atoms with Crippen molar-refractivity contribution < 1.29 is 0 Å². The molecule has 1 fully saturated rings. The van der Waals surface area contributed by atoms with Gasteiger partial charge in [0.1, 0.15) is 0 Å². The Kier molecular flexibility index (Phi) is 3.90. The van der Waals surface area contributed by atoms with Gasteiger partial charge in [-0.1, -0.05) is 6.07 Å². The predicted molar refractivity (Wildman–Crippen MR) is 62.8 cm³/mol. The van der Waals surface area contributed by atoms with E-state index in [2.05, 4.69) is 16.0 Å². The molecule has 1 aromatic rings. The number of nitrogens with zero attached hydrogens (tertiary/aromatic N) is 3.